The lowest BCUT2D eigenvalue weighted by molar-refractivity contribution is -0.0148. The van der Waals surface area contributed by atoms with Crippen molar-refractivity contribution in [2.75, 3.05) is 26.9 Å². The zero-order chi connectivity index (χ0) is 13.9. The first-order chi connectivity index (χ1) is 9.06. The van der Waals surface area contributed by atoms with E-state index in [-0.39, 0.29) is 11.7 Å². The van der Waals surface area contributed by atoms with E-state index in [1.165, 1.54) is 18.2 Å². The van der Waals surface area contributed by atoms with Crippen molar-refractivity contribution in [1.29, 1.82) is 0 Å². The van der Waals surface area contributed by atoms with Crippen LogP contribution in [0.2, 0.25) is 0 Å². The first-order valence-electron chi connectivity index (χ1n) is 6.24. The van der Waals surface area contributed by atoms with Crippen LogP contribution in [-0.2, 0) is 9.47 Å². The SMILES string of the molecule is COC1(CNC(=O)c2ccc(F)cc2C)CCOC1. The highest BCUT2D eigenvalue weighted by Crippen LogP contribution is 2.21. The van der Waals surface area contributed by atoms with E-state index >= 15 is 0 Å². The van der Waals surface area contributed by atoms with Gasteiger partial charge < -0.3 is 14.8 Å². The topological polar surface area (TPSA) is 47.6 Å². The fourth-order valence-corrected chi connectivity index (χ4v) is 2.18. The number of hydrogen-bond donors (Lipinski definition) is 1. The molecule has 1 heterocycles. The van der Waals surface area contributed by atoms with E-state index in [2.05, 4.69) is 5.32 Å². The van der Waals surface area contributed by atoms with Crippen LogP contribution in [0.5, 0.6) is 0 Å². The summed E-state index contributed by atoms with van der Waals surface area (Å²) in [6.45, 7) is 3.22. The third kappa shape index (κ3) is 3.11. The van der Waals surface area contributed by atoms with E-state index in [4.69, 9.17) is 9.47 Å². The highest BCUT2D eigenvalue weighted by molar-refractivity contribution is 5.95. The standard InChI is InChI=1S/C14H18FNO3/c1-10-7-11(15)3-4-12(10)13(17)16-8-14(18-2)5-6-19-9-14/h3-4,7H,5-6,8-9H2,1-2H3,(H,16,17). The van der Waals surface area contributed by atoms with Gasteiger partial charge in [0.15, 0.2) is 0 Å². The summed E-state index contributed by atoms with van der Waals surface area (Å²) in [6, 6.07) is 4.12. The van der Waals surface area contributed by atoms with E-state index in [0.717, 1.165) is 6.42 Å². The van der Waals surface area contributed by atoms with Crippen molar-refractivity contribution < 1.29 is 18.7 Å². The molecule has 1 atom stereocenters. The predicted octanol–water partition coefficient (Wildman–Crippen LogP) is 1.67. The summed E-state index contributed by atoms with van der Waals surface area (Å²) in [5.41, 5.74) is 0.655. The Bertz CT molecular complexity index is 470. The lowest BCUT2D eigenvalue weighted by Crippen LogP contribution is -2.45. The van der Waals surface area contributed by atoms with E-state index in [1.54, 1.807) is 14.0 Å². The molecule has 19 heavy (non-hydrogen) atoms. The number of carbonyl (C=O) groups excluding carboxylic acids is 1. The maximum absolute atomic E-state index is 13.0. The van der Waals surface area contributed by atoms with Gasteiger partial charge in [0.05, 0.1) is 6.61 Å². The number of hydrogen-bond acceptors (Lipinski definition) is 3. The molecule has 104 valence electrons. The number of carbonyl (C=O) groups is 1. The summed E-state index contributed by atoms with van der Waals surface area (Å²) in [5, 5.41) is 2.83. The van der Waals surface area contributed by atoms with Crippen LogP contribution in [0.4, 0.5) is 4.39 Å². The predicted molar refractivity (Wildman–Crippen MR) is 68.6 cm³/mol. The monoisotopic (exact) mass is 267 g/mol. The lowest BCUT2D eigenvalue weighted by Gasteiger charge is -2.26. The molecule has 0 bridgehead atoms. The Morgan fingerprint density at radius 1 is 1.58 bits per heavy atom. The number of halogens is 1. The first-order valence-corrected chi connectivity index (χ1v) is 6.24. The van der Waals surface area contributed by atoms with Crippen molar-refractivity contribution in [1.82, 2.24) is 5.32 Å². The molecule has 4 nitrogen and oxygen atoms in total. The number of benzene rings is 1. The van der Waals surface area contributed by atoms with Crippen molar-refractivity contribution >= 4 is 5.91 Å². The summed E-state index contributed by atoms with van der Waals surface area (Å²) < 4.78 is 23.7. The molecule has 1 unspecified atom stereocenters. The second-order valence-corrected chi connectivity index (χ2v) is 4.83. The maximum atomic E-state index is 13.0. The second-order valence-electron chi connectivity index (χ2n) is 4.83. The molecule has 2 rings (SSSR count). The fraction of sp³-hybridized carbons (Fsp3) is 0.500. The molecule has 1 aromatic rings. The van der Waals surface area contributed by atoms with Crippen molar-refractivity contribution in [2.45, 2.75) is 18.9 Å². The maximum Gasteiger partial charge on any atom is 0.251 e. The number of rotatable bonds is 4. The van der Waals surface area contributed by atoms with Gasteiger partial charge in [-0.15, -0.1) is 0 Å². The third-order valence-electron chi connectivity index (χ3n) is 3.50. The Balaban J connectivity index is 2.01. The molecule has 5 heteroatoms. The molecule has 1 N–H and O–H groups in total. The van der Waals surface area contributed by atoms with E-state index < -0.39 is 5.60 Å². The fourth-order valence-electron chi connectivity index (χ4n) is 2.18. The molecule has 1 saturated heterocycles. The van der Waals surface area contributed by atoms with Crippen LogP contribution in [0.25, 0.3) is 0 Å². The lowest BCUT2D eigenvalue weighted by atomic mass is 10.0. The van der Waals surface area contributed by atoms with Crippen LogP contribution in [0.15, 0.2) is 18.2 Å². The summed E-state index contributed by atoms with van der Waals surface area (Å²) >= 11 is 0. The van der Waals surface area contributed by atoms with Gasteiger partial charge in [-0.25, -0.2) is 4.39 Å². The largest absolute Gasteiger partial charge is 0.378 e. The van der Waals surface area contributed by atoms with Gasteiger partial charge in [0.2, 0.25) is 0 Å². The van der Waals surface area contributed by atoms with Gasteiger partial charge in [0.25, 0.3) is 5.91 Å². The molecule has 0 spiro atoms. The van der Waals surface area contributed by atoms with Gasteiger partial charge in [-0.05, 0) is 30.7 Å². The smallest absolute Gasteiger partial charge is 0.251 e. The molecule has 1 aliphatic rings. The average molecular weight is 267 g/mol. The van der Waals surface area contributed by atoms with Crippen molar-refractivity contribution in [3.8, 4) is 0 Å². The number of amides is 1. The van der Waals surface area contributed by atoms with Crippen molar-refractivity contribution in [2.24, 2.45) is 0 Å². The third-order valence-corrected chi connectivity index (χ3v) is 3.50. The van der Waals surface area contributed by atoms with E-state index in [9.17, 15) is 9.18 Å². The van der Waals surface area contributed by atoms with Crippen molar-refractivity contribution in [3.05, 3.63) is 35.1 Å². The molecular formula is C14H18FNO3. The Kier molecular flexibility index (Phi) is 4.17. The van der Waals surface area contributed by atoms with E-state index in [0.29, 0.717) is 30.9 Å². The Morgan fingerprint density at radius 3 is 2.95 bits per heavy atom. The van der Waals surface area contributed by atoms with Gasteiger partial charge in [-0.2, -0.15) is 0 Å². The van der Waals surface area contributed by atoms with E-state index in [1.807, 2.05) is 0 Å². The van der Waals surface area contributed by atoms with Gasteiger partial charge in [-0.1, -0.05) is 0 Å². The minimum atomic E-state index is -0.441. The average Bonchev–Trinajstić information content (AvgIpc) is 2.85. The molecular weight excluding hydrogens is 249 g/mol. The highest BCUT2D eigenvalue weighted by atomic mass is 19.1. The van der Waals surface area contributed by atoms with Crippen LogP contribution in [0.1, 0.15) is 22.3 Å². The normalized spacial score (nSPS) is 22.5. The first kappa shape index (κ1) is 14.0. The highest BCUT2D eigenvalue weighted by Gasteiger charge is 2.35. The van der Waals surface area contributed by atoms with Gasteiger partial charge in [0, 0.05) is 32.2 Å². The van der Waals surface area contributed by atoms with Crippen LogP contribution in [-0.4, -0.2) is 38.4 Å². The summed E-state index contributed by atoms with van der Waals surface area (Å²) in [6.07, 6.45) is 0.756. The van der Waals surface area contributed by atoms with Gasteiger partial charge in [0.1, 0.15) is 11.4 Å². The van der Waals surface area contributed by atoms with Crippen LogP contribution >= 0.6 is 0 Å². The van der Waals surface area contributed by atoms with Crippen LogP contribution in [0.3, 0.4) is 0 Å². The van der Waals surface area contributed by atoms with Crippen LogP contribution in [0, 0.1) is 12.7 Å². The molecule has 0 aromatic heterocycles. The molecule has 1 aliphatic heterocycles. The molecule has 1 amide bonds. The number of ether oxygens (including phenoxy) is 2. The number of methoxy groups -OCH3 is 1. The molecule has 1 fully saturated rings. The molecule has 0 radical (unpaired) electrons. The van der Waals surface area contributed by atoms with Crippen molar-refractivity contribution in [3.63, 3.8) is 0 Å². The summed E-state index contributed by atoms with van der Waals surface area (Å²) in [5.74, 6) is -0.563. The number of aryl methyl sites for hydroxylation is 1. The Labute approximate surface area is 111 Å². The summed E-state index contributed by atoms with van der Waals surface area (Å²) in [7, 11) is 1.62. The zero-order valence-electron chi connectivity index (χ0n) is 11.2. The Hall–Kier alpha value is -1.46. The summed E-state index contributed by atoms with van der Waals surface area (Å²) in [4.78, 5) is 12.1. The minimum absolute atomic E-state index is 0.221. The second kappa shape index (κ2) is 5.67. The quantitative estimate of drug-likeness (QED) is 0.902. The molecule has 0 aliphatic carbocycles. The van der Waals surface area contributed by atoms with Gasteiger partial charge in [-0.3, -0.25) is 4.79 Å². The van der Waals surface area contributed by atoms with Gasteiger partial charge >= 0.3 is 0 Å². The number of nitrogens with one attached hydrogen (secondary N) is 1. The zero-order valence-corrected chi connectivity index (χ0v) is 11.2. The molecule has 0 saturated carbocycles. The molecule has 1 aromatic carbocycles. The van der Waals surface area contributed by atoms with Crippen LogP contribution < -0.4 is 5.32 Å². The Morgan fingerprint density at radius 2 is 2.37 bits per heavy atom. The minimum Gasteiger partial charge on any atom is -0.378 e.